The Labute approximate surface area is 351 Å². The van der Waals surface area contributed by atoms with Gasteiger partial charge in [0.25, 0.3) is 0 Å². The highest BCUT2D eigenvalue weighted by molar-refractivity contribution is 7.26. The van der Waals surface area contributed by atoms with Crippen molar-refractivity contribution in [2.75, 3.05) is 9.80 Å². The van der Waals surface area contributed by atoms with E-state index in [2.05, 4.69) is 158 Å². The van der Waals surface area contributed by atoms with E-state index in [9.17, 15) is 8.78 Å². The van der Waals surface area contributed by atoms with Crippen LogP contribution in [0.1, 0.15) is 37.5 Å². The zero-order valence-electron chi connectivity index (χ0n) is 34.0. The second-order valence-corrected chi connectivity index (χ2v) is 18.2. The summed E-state index contributed by atoms with van der Waals surface area (Å²) in [6.07, 6.45) is 0. The van der Waals surface area contributed by atoms with Gasteiger partial charge in [0.05, 0.1) is 21.3 Å². The van der Waals surface area contributed by atoms with Crippen molar-refractivity contribution in [3.05, 3.63) is 186 Å². The minimum Gasteiger partial charge on any atom is -0.310 e. The summed E-state index contributed by atoms with van der Waals surface area (Å²) in [5, 5.41) is 7.26. The Kier molecular flexibility index (Phi) is 8.10. The van der Waals surface area contributed by atoms with Gasteiger partial charge in [-0.05, 0) is 157 Å². The molecular weight excluding hydrogens is 761 g/mol. The molecule has 0 saturated heterocycles. The second kappa shape index (κ2) is 13.4. The van der Waals surface area contributed by atoms with Crippen LogP contribution in [0, 0.1) is 25.5 Å². The van der Waals surface area contributed by atoms with Crippen molar-refractivity contribution in [2.24, 2.45) is 0 Å². The number of anilines is 6. The summed E-state index contributed by atoms with van der Waals surface area (Å²) in [5.41, 5.74) is 13.1. The van der Waals surface area contributed by atoms with E-state index in [-0.39, 0.29) is 17.0 Å². The summed E-state index contributed by atoms with van der Waals surface area (Å²) < 4.78 is 33.4. The van der Waals surface area contributed by atoms with E-state index in [4.69, 9.17) is 0 Å². The summed E-state index contributed by atoms with van der Waals surface area (Å²) in [6.45, 7) is 11.1. The van der Waals surface area contributed by atoms with Crippen LogP contribution in [0.3, 0.4) is 0 Å². The number of aromatic nitrogens is 1. The molecule has 3 nitrogen and oxygen atoms in total. The maximum absolute atomic E-state index is 14.2. The number of hydrogen-bond donors (Lipinski definition) is 0. The van der Waals surface area contributed by atoms with Crippen LogP contribution in [0.25, 0.3) is 58.3 Å². The lowest BCUT2D eigenvalue weighted by Gasteiger charge is -2.26. The molecule has 0 bridgehead atoms. The standard InChI is InChI=1S/C54H41F2N3S/c1-32-8-6-10-40(26-32)57(38-17-13-36(55)14-18-38)42-21-24-44-34(28-42)12-23-45-47-29-35(54(3,4)5)30-48-51(47)59(50(44)45)52-46-25-22-43(31-49(46)60-53(48)52)58(39-19-15-37(56)16-20-39)41-11-7-9-33(2)27-41/h6-31H,1-5H3. The summed E-state index contributed by atoms with van der Waals surface area (Å²) in [7, 11) is 0. The normalized spacial score (nSPS) is 12.2. The number of nitrogens with zero attached hydrogens (tertiary/aromatic N) is 3. The van der Waals surface area contributed by atoms with Crippen molar-refractivity contribution in [1.82, 2.24) is 4.40 Å². The molecule has 3 heterocycles. The van der Waals surface area contributed by atoms with Crippen molar-refractivity contribution < 1.29 is 8.78 Å². The van der Waals surface area contributed by atoms with Crippen LogP contribution in [0.5, 0.6) is 0 Å². The molecule has 0 N–H and O–H groups in total. The van der Waals surface area contributed by atoms with E-state index in [1.54, 1.807) is 0 Å². The van der Waals surface area contributed by atoms with E-state index >= 15 is 0 Å². The van der Waals surface area contributed by atoms with Gasteiger partial charge in [-0.1, -0.05) is 63.2 Å². The number of aryl methyl sites for hydroxylation is 2. The van der Waals surface area contributed by atoms with Gasteiger partial charge in [-0.25, -0.2) is 8.78 Å². The SMILES string of the molecule is Cc1cccc(N(c2ccc(F)cc2)c2ccc3c(ccc4c5cc(C(C)(C)C)cc6c7sc8cc(N(c9ccc(F)cc9)c9cccc(C)c9)ccc8c7n(c34)c56)c2)c1. The van der Waals surface area contributed by atoms with Gasteiger partial charge < -0.3 is 14.2 Å². The highest BCUT2D eigenvalue weighted by Gasteiger charge is 2.26. The van der Waals surface area contributed by atoms with Gasteiger partial charge >= 0.3 is 0 Å². The fraction of sp³-hybridized carbons (Fsp3) is 0.111. The van der Waals surface area contributed by atoms with Crippen LogP contribution in [0.2, 0.25) is 0 Å². The van der Waals surface area contributed by atoms with Gasteiger partial charge in [-0.2, -0.15) is 0 Å². The third kappa shape index (κ3) is 5.73. The molecule has 0 atom stereocenters. The summed E-state index contributed by atoms with van der Waals surface area (Å²) >= 11 is 1.84. The average molecular weight is 802 g/mol. The van der Waals surface area contributed by atoms with Gasteiger partial charge in [0.1, 0.15) is 11.6 Å². The Hall–Kier alpha value is -6.76. The number of thiophene rings is 1. The van der Waals surface area contributed by atoms with Crippen LogP contribution < -0.4 is 9.80 Å². The first-order chi connectivity index (χ1) is 29.0. The van der Waals surface area contributed by atoms with Gasteiger partial charge in [0, 0.05) is 65.8 Å². The van der Waals surface area contributed by atoms with Crippen LogP contribution >= 0.6 is 11.3 Å². The number of halogens is 2. The third-order valence-electron chi connectivity index (χ3n) is 12.0. The van der Waals surface area contributed by atoms with Crippen LogP contribution in [0.15, 0.2) is 158 Å². The van der Waals surface area contributed by atoms with Crippen molar-refractivity contribution in [3.63, 3.8) is 0 Å². The van der Waals surface area contributed by atoms with E-state index in [1.165, 1.54) is 82.7 Å². The first-order valence-electron chi connectivity index (χ1n) is 20.4. The Balaban J connectivity index is 1.17. The van der Waals surface area contributed by atoms with Crippen molar-refractivity contribution >= 4 is 104 Å². The Morgan fingerprint density at radius 2 is 0.950 bits per heavy atom. The first-order valence-corrected chi connectivity index (χ1v) is 21.2. The van der Waals surface area contributed by atoms with Gasteiger partial charge in [0.15, 0.2) is 0 Å². The maximum Gasteiger partial charge on any atom is 0.123 e. The molecule has 60 heavy (non-hydrogen) atoms. The molecule has 8 aromatic carbocycles. The monoisotopic (exact) mass is 801 g/mol. The van der Waals surface area contributed by atoms with E-state index < -0.39 is 0 Å². The molecule has 0 fully saturated rings. The lowest BCUT2D eigenvalue weighted by Crippen LogP contribution is -2.10. The Bertz CT molecular complexity index is 3460. The fourth-order valence-electron chi connectivity index (χ4n) is 9.14. The third-order valence-corrected chi connectivity index (χ3v) is 13.2. The molecule has 11 aromatic rings. The lowest BCUT2D eigenvalue weighted by molar-refractivity contribution is 0.592. The highest BCUT2D eigenvalue weighted by Crippen LogP contribution is 2.50. The predicted octanol–water partition coefficient (Wildman–Crippen LogP) is 16.3. The Morgan fingerprint density at radius 3 is 1.53 bits per heavy atom. The van der Waals surface area contributed by atoms with Crippen molar-refractivity contribution in [2.45, 2.75) is 40.0 Å². The second-order valence-electron chi connectivity index (χ2n) is 17.1. The molecule has 0 aliphatic carbocycles. The molecule has 3 aromatic heterocycles. The van der Waals surface area contributed by atoms with Crippen molar-refractivity contribution in [1.29, 1.82) is 0 Å². The van der Waals surface area contributed by atoms with E-state index in [1.807, 2.05) is 35.6 Å². The zero-order valence-corrected chi connectivity index (χ0v) is 34.8. The molecule has 11 rings (SSSR count). The molecular formula is C54H41F2N3S. The predicted molar refractivity (Wildman–Crippen MR) is 251 cm³/mol. The summed E-state index contributed by atoms with van der Waals surface area (Å²) in [5.74, 6) is -0.518. The lowest BCUT2D eigenvalue weighted by atomic mass is 9.85. The molecule has 0 radical (unpaired) electrons. The quantitative estimate of drug-likeness (QED) is 0.166. The van der Waals surface area contributed by atoms with Gasteiger partial charge in [-0.3, -0.25) is 0 Å². The van der Waals surface area contributed by atoms with Crippen LogP contribution in [-0.4, -0.2) is 4.40 Å². The molecule has 0 amide bonds. The van der Waals surface area contributed by atoms with Gasteiger partial charge in [-0.15, -0.1) is 11.3 Å². The molecule has 0 spiro atoms. The smallest absolute Gasteiger partial charge is 0.123 e. The number of rotatable bonds is 6. The van der Waals surface area contributed by atoms with Gasteiger partial charge in [0.2, 0.25) is 0 Å². The highest BCUT2D eigenvalue weighted by atomic mass is 32.1. The van der Waals surface area contributed by atoms with Crippen molar-refractivity contribution in [3.8, 4) is 0 Å². The number of benzene rings is 8. The Morgan fingerprint density at radius 1 is 0.450 bits per heavy atom. The van der Waals surface area contributed by atoms with Crippen LogP contribution in [-0.2, 0) is 5.41 Å². The largest absolute Gasteiger partial charge is 0.310 e. The number of fused-ring (bicyclic) bond motifs is 10. The number of hydrogen-bond acceptors (Lipinski definition) is 3. The van der Waals surface area contributed by atoms with E-state index in [0.717, 1.165) is 50.6 Å². The average Bonchev–Trinajstić information content (AvgIpc) is 3.87. The minimum atomic E-state index is -0.260. The minimum absolute atomic E-state index is 0.0550. The maximum atomic E-state index is 14.2. The molecule has 0 saturated carbocycles. The zero-order chi connectivity index (χ0) is 41.0. The first kappa shape index (κ1) is 36.3. The van der Waals surface area contributed by atoms with E-state index in [0.29, 0.717) is 0 Å². The molecule has 0 aliphatic rings. The summed E-state index contributed by atoms with van der Waals surface area (Å²) in [6, 6.07) is 53.2. The fourth-order valence-corrected chi connectivity index (χ4v) is 10.4. The summed E-state index contributed by atoms with van der Waals surface area (Å²) in [4.78, 5) is 4.41. The molecule has 6 heteroatoms. The topological polar surface area (TPSA) is 10.9 Å². The molecule has 0 aliphatic heterocycles. The molecule has 0 unspecified atom stereocenters. The van der Waals surface area contributed by atoms with Crippen LogP contribution in [0.4, 0.5) is 42.9 Å². The molecule has 292 valence electrons.